The van der Waals surface area contributed by atoms with E-state index in [9.17, 15) is 33.7 Å². The van der Waals surface area contributed by atoms with Crippen LogP contribution in [-0.4, -0.2) is 57.8 Å². The van der Waals surface area contributed by atoms with Gasteiger partial charge in [0.15, 0.2) is 0 Å². The highest BCUT2D eigenvalue weighted by atomic mass is 32.2. The van der Waals surface area contributed by atoms with Crippen molar-refractivity contribution < 1.29 is 33.7 Å². The van der Waals surface area contributed by atoms with Crippen molar-refractivity contribution in [1.82, 2.24) is 18.9 Å². The van der Waals surface area contributed by atoms with Crippen LogP contribution in [0.3, 0.4) is 0 Å². The van der Waals surface area contributed by atoms with E-state index in [1.54, 1.807) is 24.3 Å². The first kappa shape index (κ1) is 55.8. The number of rotatable bonds is 19. The molecule has 70 heavy (non-hydrogen) atoms. The Kier molecular flexibility index (Phi) is 17.8. The van der Waals surface area contributed by atoms with Crippen LogP contribution in [0, 0.1) is 0 Å². The molecule has 0 amide bonds. The summed E-state index contributed by atoms with van der Waals surface area (Å²) in [5.74, 6) is 0.225. The maximum Gasteiger partial charge on any atom is 0.241 e. The normalized spacial score (nSPS) is 19.9. The summed E-state index contributed by atoms with van der Waals surface area (Å²) >= 11 is 0. The zero-order valence-corrected chi connectivity index (χ0v) is 46.5. The molecule has 0 radical (unpaired) electrons. The minimum Gasteiger partial charge on any atom is -0.207 e. The molecule has 2 aliphatic rings. The van der Waals surface area contributed by atoms with Crippen molar-refractivity contribution in [2.75, 3.05) is 0 Å². The lowest BCUT2D eigenvalue weighted by Crippen LogP contribution is -2.53. The Labute approximate surface area is 421 Å². The number of benzene rings is 4. The van der Waals surface area contributed by atoms with E-state index in [-0.39, 0.29) is 55.1 Å². The number of hydrogen-bond donors (Lipinski definition) is 4. The fraction of sp³-hybridized carbons (Fsp3) is 0.556. The lowest BCUT2D eigenvalue weighted by Gasteiger charge is -2.33. The van der Waals surface area contributed by atoms with E-state index in [1.807, 2.05) is 79.7 Å². The van der Waals surface area contributed by atoms with Crippen LogP contribution in [0.5, 0.6) is 0 Å². The molecule has 0 aliphatic heterocycles. The maximum absolute atomic E-state index is 14.4. The standard InChI is InChI=1S/C54H78N4O8S4/c1-33(2)41-29-45(35(5)6)53(46(30-41)36(7)8)69(63,64)57-51-19-15-13-17-49(51)55-67(59,60)43-25-21-39(22-26-43)40-23-27-44(28-24-40)68(61,62)56-50-18-14-16-20-52(50)58-70(65,66)54-47(37(9)10)31-42(34(3)4)32-48(54)38(11)12/h21-38,49-52,55-58H,13-20H2,1-12H3/t49-,50-,51-,52-/m1/s1. The van der Waals surface area contributed by atoms with Gasteiger partial charge in [0, 0.05) is 24.2 Å². The van der Waals surface area contributed by atoms with Gasteiger partial charge in [-0.1, -0.05) is 157 Å². The fourth-order valence-electron chi connectivity index (χ4n) is 9.93. The third kappa shape index (κ3) is 12.8. The fourth-order valence-corrected chi connectivity index (χ4v) is 16.6. The van der Waals surface area contributed by atoms with Crippen LogP contribution in [0.4, 0.5) is 0 Å². The van der Waals surface area contributed by atoms with Gasteiger partial charge in [0.1, 0.15) is 0 Å². The molecule has 2 saturated carbocycles. The topological polar surface area (TPSA) is 185 Å². The Bertz CT molecular complexity index is 2670. The first-order valence-electron chi connectivity index (χ1n) is 25.3. The number of hydrogen-bond acceptors (Lipinski definition) is 8. The van der Waals surface area contributed by atoms with Crippen LogP contribution in [0.15, 0.2) is 92.4 Å². The zero-order valence-electron chi connectivity index (χ0n) is 43.3. The first-order chi connectivity index (χ1) is 32.6. The molecule has 2 fully saturated rings. The van der Waals surface area contributed by atoms with Gasteiger partial charge >= 0.3 is 0 Å². The second kappa shape index (κ2) is 22.3. The summed E-state index contributed by atoms with van der Waals surface area (Å²) in [4.78, 5) is 0.612. The minimum atomic E-state index is -4.08. The summed E-state index contributed by atoms with van der Waals surface area (Å²) in [6, 6.07) is 17.9. The highest BCUT2D eigenvalue weighted by Gasteiger charge is 2.37. The molecule has 0 saturated heterocycles. The molecule has 0 spiro atoms. The van der Waals surface area contributed by atoms with Crippen molar-refractivity contribution >= 4 is 40.1 Å². The molecular formula is C54H78N4O8S4. The summed E-state index contributed by atoms with van der Waals surface area (Å²) in [6.45, 7) is 24.3. The van der Waals surface area contributed by atoms with Gasteiger partial charge in [-0.25, -0.2) is 52.6 Å². The van der Waals surface area contributed by atoms with E-state index >= 15 is 0 Å². The summed E-state index contributed by atoms with van der Waals surface area (Å²) in [6.07, 6.45) is 4.91. The third-order valence-electron chi connectivity index (χ3n) is 14.1. The van der Waals surface area contributed by atoms with E-state index in [0.717, 1.165) is 59.1 Å². The summed E-state index contributed by atoms with van der Waals surface area (Å²) in [5.41, 5.74) is 6.50. The van der Waals surface area contributed by atoms with Crippen molar-refractivity contribution in [1.29, 1.82) is 0 Å². The van der Waals surface area contributed by atoms with E-state index in [2.05, 4.69) is 46.6 Å². The van der Waals surface area contributed by atoms with E-state index in [1.165, 1.54) is 24.3 Å². The molecule has 6 rings (SSSR count). The van der Waals surface area contributed by atoms with Gasteiger partial charge in [0.05, 0.1) is 19.6 Å². The number of nitrogens with one attached hydrogen (secondary N) is 4. The van der Waals surface area contributed by atoms with Crippen LogP contribution in [0.2, 0.25) is 0 Å². The predicted molar refractivity (Wildman–Crippen MR) is 283 cm³/mol. The lowest BCUT2D eigenvalue weighted by molar-refractivity contribution is 0.340. The lowest BCUT2D eigenvalue weighted by atomic mass is 9.89. The van der Waals surface area contributed by atoms with Crippen LogP contribution in [-0.2, 0) is 40.1 Å². The maximum atomic E-state index is 14.4. The van der Waals surface area contributed by atoms with Crippen molar-refractivity contribution in [3.05, 3.63) is 106 Å². The molecule has 0 aromatic heterocycles. The molecule has 16 heteroatoms. The first-order valence-corrected chi connectivity index (χ1v) is 31.2. The van der Waals surface area contributed by atoms with Gasteiger partial charge < -0.3 is 0 Å². The SMILES string of the molecule is CC(C)c1cc(C(C)C)c(S(=O)(=O)N[C@@H]2CCCC[C@H]2NS(=O)(=O)c2ccc(-c3ccc(S(=O)(=O)N[C@@H]4CCCC[C@H]4NS(=O)(=O)c4c(C(C)C)cc(C(C)C)cc4C(C)C)cc3)cc2)c(C(C)C)c1. The summed E-state index contributed by atoms with van der Waals surface area (Å²) < 4.78 is 125. The van der Waals surface area contributed by atoms with Crippen LogP contribution >= 0.6 is 0 Å². The highest BCUT2D eigenvalue weighted by molar-refractivity contribution is 7.90. The van der Waals surface area contributed by atoms with Gasteiger partial charge in [-0.15, -0.1) is 0 Å². The van der Waals surface area contributed by atoms with Gasteiger partial charge in [-0.3, -0.25) is 0 Å². The Morgan fingerprint density at radius 3 is 0.786 bits per heavy atom. The molecule has 12 nitrogen and oxygen atoms in total. The number of sulfonamides is 4. The second-order valence-corrected chi connectivity index (χ2v) is 28.2. The summed E-state index contributed by atoms with van der Waals surface area (Å²) in [7, 11) is -16.2. The molecule has 0 bridgehead atoms. The molecular weight excluding hydrogens is 961 g/mol. The largest absolute Gasteiger partial charge is 0.241 e. The van der Waals surface area contributed by atoms with Crippen molar-refractivity contribution in [3.8, 4) is 11.1 Å². The van der Waals surface area contributed by atoms with Crippen LogP contribution in [0.1, 0.15) is 203 Å². The molecule has 4 aromatic rings. The van der Waals surface area contributed by atoms with Crippen LogP contribution < -0.4 is 18.9 Å². The molecule has 4 N–H and O–H groups in total. The smallest absolute Gasteiger partial charge is 0.207 e. The highest BCUT2D eigenvalue weighted by Crippen LogP contribution is 2.38. The van der Waals surface area contributed by atoms with E-state index in [4.69, 9.17) is 0 Å². The molecule has 0 heterocycles. The average Bonchev–Trinajstić information content (AvgIpc) is 3.29. The van der Waals surface area contributed by atoms with Crippen molar-refractivity contribution in [2.24, 2.45) is 0 Å². The van der Waals surface area contributed by atoms with Crippen molar-refractivity contribution in [3.63, 3.8) is 0 Å². The van der Waals surface area contributed by atoms with Gasteiger partial charge in [-0.05, 0) is 130 Å². The molecule has 386 valence electrons. The van der Waals surface area contributed by atoms with Gasteiger partial charge in [0.25, 0.3) is 0 Å². The Morgan fingerprint density at radius 2 is 0.571 bits per heavy atom. The Morgan fingerprint density at radius 1 is 0.343 bits per heavy atom. The average molecular weight is 1040 g/mol. The zero-order chi connectivity index (χ0) is 51.7. The van der Waals surface area contributed by atoms with Crippen molar-refractivity contribution in [2.45, 2.75) is 214 Å². The molecule has 4 aromatic carbocycles. The molecule has 2 aliphatic carbocycles. The van der Waals surface area contributed by atoms with Gasteiger partial charge in [0.2, 0.25) is 40.1 Å². The molecule has 0 unspecified atom stereocenters. The van der Waals surface area contributed by atoms with E-state index in [0.29, 0.717) is 36.8 Å². The quantitative estimate of drug-likeness (QED) is 0.0715. The second-order valence-electron chi connectivity index (χ2n) is 21.5. The third-order valence-corrected chi connectivity index (χ3v) is 20.4. The summed E-state index contributed by atoms with van der Waals surface area (Å²) in [5, 5.41) is 0. The monoisotopic (exact) mass is 1040 g/mol. The molecule has 4 atom stereocenters. The van der Waals surface area contributed by atoms with E-state index < -0.39 is 64.3 Å². The minimum absolute atomic E-state index is 0.0198. The predicted octanol–water partition coefficient (Wildman–Crippen LogP) is 11.2. The Hall–Kier alpha value is -3.48. The Balaban J connectivity index is 1.16. The van der Waals surface area contributed by atoms with Gasteiger partial charge in [-0.2, -0.15) is 0 Å². The van der Waals surface area contributed by atoms with Crippen LogP contribution in [0.25, 0.3) is 11.1 Å².